The lowest BCUT2D eigenvalue weighted by atomic mass is 10.1. The molecule has 1 saturated heterocycles. The van der Waals surface area contributed by atoms with Crippen LogP contribution in [0.15, 0.2) is 29.3 Å². The third-order valence-electron chi connectivity index (χ3n) is 3.68. The van der Waals surface area contributed by atoms with Crippen molar-refractivity contribution < 1.29 is 9.53 Å². The zero-order valence-corrected chi connectivity index (χ0v) is 14.5. The molecule has 1 fully saturated rings. The van der Waals surface area contributed by atoms with Gasteiger partial charge in [0.1, 0.15) is 0 Å². The zero-order valence-electron chi connectivity index (χ0n) is 14.5. The lowest BCUT2D eigenvalue weighted by Gasteiger charge is -2.27. The Morgan fingerprint density at radius 1 is 1.17 bits per heavy atom. The second-order valence-corrected chi connectivity index (χ2v) is 6.01. The zero-order chi connectivity index (χ0) is 16.8. The SMILES string of the molecule is CN(C)C(=NCc1cccc(C(=O)N2CCOCC2)c1)N(C)C. The maximum Gasteiger partial charge on any atom is 0.254 e. The van der Waals surface area contributed by atoms with Crippen molar-refractivity contribution in [2.24, 2.45) is 4.99 Å². The second kappa shape index (κ2) is 7.97. The molecular formula is C17H26N4O2. The van der Waals surface area contributed by atoms with Gasteiger partial charge in [-0.15, -0.1) is 0 Å². The van der Waals surface area contributed by atoms with E-state index in [1.165, 1.54) is 0 Å². The highest BCUT2D eigenvalue weighted by atomic mass is 16.5. The first kappa shape index (κ1) is 17.3. The average molecular weight is 318 g/mol. The minimum atomic E-state index is 0.0690. The summed E-state index contributed by atoms with van der Waals surface area (Å²) in [4.78, 5) is 22.9. The molecule has 0 aliphatic carbocycles. The molecule has 0 aromatic heterocycles. The number of morpholine rings is 1. The Hall–Kier alpha value is -2.08. The maximum absolute atomic E-state index is 12.5. The molecule has 1 aromatic rings. The van der Waals surface area contributed by atoms with E-state index in [1.54, 1.807) is 0 Å². The number of carbonyl (C=O) groups is 1. The van der Waals surface area contributed by atoms with Crippen molar-refractivity contribution in [1.29, 1.82) is 0 Å². The quantitative estimate of drug-likeness (QED) is 0.619. The predicted octanol–water partition coefficient (Wildman–Crippen LogP) is 1.14. The van der Waals surface area contributed by atoms with Crippen LogP contribution in [0, 0.1) is 0 Å². The number of nitrogens with zero attached hydrogens (tertiary/aromatic N) is 4. The lowest BCUT2D eigenvalue weighted by Crippen LogP contribution is -2.40. The van der Waals surface area contributed by atoms with E-state index < -0.39 is 0 Å². The highest BCUT2D eigenvalue weighted by Gasteiger charge is 2.18. The van der Waals surface area contributed by atoms with E-state index in [4.69, 9.17) is 4.74 Å². The molecule has 0 radical (unpaired) electrons. The minimum Gasteiger partial charge on any atom is -0.378 e. The smallest absolute Gasteiger partial charge is 0.254 e. The molecule has 1 aromatic carbocycles. The molecule has 0 saturated carbocycles. The van der Waals surface area contributed by atoms with Crippen molar-refractivity contribution in [1.82, 2.24) is 14.7 Å². The highest BCUT2D eigenvalue weighted by Crippen LogP contribution is 2.11. The summed E-state index contributed by atoms with van der Waals surface area (Å²) in [5, 5.41) is 0. The fourth-order valence-corrected chi connectivity index (χ4v) is 2.60. The van der Waals surface area contributed by atoms with Crippen LogP contribution in [0.4, 0.5) is 0 Å². The average Bonchev–Trinajstić information content (AvgIpc) is 2.55. The number of aliphatic imine (C=N–C) groups is 1. The third-order valence-corrected chi connectivity index (χ3v) is 3.68. The number of carbonyl (C=O) groups excluding carboxylic acids is 1. The lowest BCUT2D eigenvalue weighted by molar-refractivity contribution is 0.0303. The molecule has 1 aliphatic heterocycles. The molecule has 1 aliphatic rings. The van der Waals surface area contributed by atoms with Crippen LogP contribution in [-0.4, -0.2) is 81.1 Å². The van der Waals surface area contributed by atoms with Crippen molar-refractivity contribution in [2.75, 3.05) is 54.5 Å². The maximum atomic E-state index is 12.5. The van der Waals surface area contributed by atoms with Gasteiger partial charge in [0.15, 0.2) is 5.96 Å². The highest BCUT2D eigenvalue weighted by molar-refractivity contribution is 5.94. The topological polar surface area (TPSA) is 48.4 Å². The largest absolute Gasteiger partial charge is 0.378 e. The van der Waals surface area contributed by atoms with Crippen LogP contribution in [0.1, 0.15) is 15.9 Å². The van der Waals surface area contributed by atoms with Crippen molar-refractivity contribution >= 4 is 11.9 Å². The van der Waals surface area contributed by atoms with Gasteiger partial charge in [-0.2, -0.15) is 0 Å². The van der Waals surface area contributed by atoms with Crippen LogP contribution >= 0.6 is 0 Å². The Labute approximate surface area is 138 Å². The van der Waals surface area contributed by atoms with Crippen LogP contribution in [0.2, 0.25) is 0 Å². The number of benzene rings is 1. The van der Waals surface area contributed by atoms with Crippen LogP contribution in [0.3, 0.4) is 0 Å². The van der Waals surface area contributed by atoms with Gasteiger partial charge in [-0.3, -0.25) is 4.79 Å². The second-order valence-electron chi connectivity index (χ2n) is 6.01. The minimum absolute atomic E-state index is 0.0690. The molecule has 0 bridgehead atoms. The van der Waals surface area contributed by atoms with Crippen molar-refractivity contribution in [2.45, 2.75) is 6.54 Å². The Balaban J connectivity index is 2.10. The molecule has 6 heteroatoms. The van der Waals surface area contributed by atoms with Crippen molar-refractivity contribution in [3.05, 3.63) is 35.4 Å². The molecule has 0 atom stereocenters. The van der Waals surface area contributed by atoms with E-state index in [9.17, 15) is 4.79 Å². The van der Waals surface area contributed by atoms with E-state index in [0.29, 0.717) is 32.8 Å². The van der Waals surface area contributed by atoms with Gasteiger partial charge in [-0.05, 0) is 17.7 Å². The molecular weight excluding hydrogens is 292 g/mol. The number of ether oxygens (including phenoxy) is 1. The van der Waals surface area contributed by atoms with E-state index in [1.807, 2.05) is 67.2 Å². The number of hydrogen-bond donors (Lipinski definition) is 0. The van der Waals surface area contributed by atoms with Crippen LogP contribution in [-0.2, 0) is 11.3 Å². The summed E-state index contributed by atoms with van der Waals surface area (Å²) in [5.41, 5.74) is 1.75. The fraction of sp³-hybridized carbons (Fsp3) is 0.529. The Morgan fingerprint density at radius 3 is 2.43 bits per heavy atom. The van der Waals surface area contributed by atoms with Crippen LogP contribution < -0.4 is 0 Å². The standard InChI is InChI=1S/C17H26N4O2/c1-19(2)17(20(3)4)18-13-14-6-5-7-15(12-14)16(22)21-8-10-23-11-9-21/h5-7,12H,8-11,13H2,1-4H3. The first-order valence-corrected chi connectivity index (χ1v) is 7.84. The summed E-state index contributed by atoms with van der Waals surface area (Å²) in [6, 6.07) is 7.72. The molecule has 0 N–H and O–H groups in total. The molecule has 126 valence electrons. The monoisotopic (exact) mass is 318 g/mol. The Kier molecular flexibility index (Phi) is 5.98. The molecule has 1 amide bonds. The molecule has 6 nitrogen and oxygen atoms in total. The number of guanidine groups is 1. The first-order valence-electron chi connectivity index (χ1n) is 7.84. The van der Waals surface area contributed by atoms with E-state index in [0.717, 1.165) is 17.1 Å². The molecule has 23 heavy (non-hydrogen) atoms. The van der Waals surface area contributed by atoms with Crippen LogP contribution in [0.5, 0.6) is 0 Å². The van der Waals surface area contributed by atoms with Gasteiger partial charge < -0.3 is 19.4 Å². The van der Waals surface area contributed by atoms with Gasteiger partial charge in [0.2, 0.25) is 0 Å². The summed E-state index contributed by atoms with van der Waals surface area (Å²) >= 11 is 0. The summed E-state index contributed by atoms with van der Waals surface area (Å²) < 4.78 is 5.30. The van der Waals surface area contributed by atoms with E-state index in [2.05, 4.69) is 4.99 Å². The molecule has 1 heterocycles. The van der Waals surface area contributed by atoms with Gasteiger partial charge >= 0.3 is 0 Å². The van der Waals surface area contributed by atoms with Crippen LogP contribution in [0.25, 0.3) is 0 Å². The van der Waals surface area contributed by atoms with Gasteiger partial charge in [0, 0.05) is 46.8 Å². The first-order chi connectivity index (χ1) is 11.0. The normalized spacial score (nSPS) is 14.3. The Bertz CT molecular complexity index is 553. The van der Waals surface area contributed by atoms with E-state index >= 15 is 0 Å². The number of amides is 1. The molecule has 0 spiro atoms. The molecule has 2 rings (SSSR count). The predicted molar refractivity (Wildman–Crippen MR) is 91.7 cm³/mol. The Morgan fingerprint density at radius 2 is 1.83 bits per heavy atom. The fourth-order valence-electron chi connectivity index (χ4n) is 2.60. The molecule has 0 unspecified atom stereocenters. The van der Waals surface area contributed by atoms with Gasteiger partial charge in [-0.25, -0.2) is 4.99 Å². The van der Waals surface area contributed by atoms with Crippen molar-refractivity contribution in [3.8, 4) is 0 Å². The number of hydrogen-bond acceptors (Lipinski definition) is 3. The summed E-state index contributed by atoms with van der Waals surface area (Å²) in [5.74, 6) is 0.967. The van der Waals surface area contributed by atoms with Gasteiger partial charge in [-0.1, -0.05) is 12.1 Å². The van der Waals surface area contributed by atoms with E-state index in [-0.39, 0.29) is 5.91 Å². The summed E-state index contributed by atoms with van der Waals surface area (Å²) in [6.45, 7) is 3.10. The third kappa shape index (κ3) is 4.69. The number of rotatable bonds is 3. The van der Waals surface area contributed by atoms with Crippen molar-refractivity contribution in [3.63, 3.8) is 0 Å². The summed E-state index contributed by atoms with van der Waals surface area (Å²) in [6.07, 6.45) is 0. The summed E-state index contributed by atoms with van der Waals surface area (Å²) in [7, 11) is 7.88. The van der Waals surface area contributed by atoms with Gasteiger partial charge in [0.05, 0.1) is 19.8 Å². The van der Waals surface area contributed by atoms with Gasteiger partial charge in [0.25, 0.3) is 5.91 Å².